The van der Waals surface area contributed by atoms with Crippen LogP contribution in [-0.2, 0) is 22.7 Å². The highest BCUT2D eigenvalue weighted by Crippen LogP contribution is 2.57. The van der Waals surface area contributed by atoms with Gasteiger partial charge in [0.2, 0.25) is 0 Å². The van der Waals surface area contributed by atoms with Crippen molar-refractivity contribution in [3.8, 4) is 0 Å². The van der Waals surface area contributed by atoms with Crippen molar-refractivity contribution in [1.29, 1.82) is 0 Å². The molecule has 1 aliphatic heterocycles. The van der Waals surface area contributed by atoms with Crippen LogP contribution in [0.15, 0.2) is 17.1 Å². The van der Waals surface area contributed by atoms with Gasteiger partial charge in [-0.25, -0.2) is 13.9 Å². The minimum absolute atomic E-state index is 0.0787. The molecule has 7 N–H and O–H groups in total. The minimum atomic E-state index is -5.30. The monoisotopic (exact) mass is 403 g/mol. The number of nitrogens with zero attached hydrogens (tertiary/aromatic N) is 2. The molecule has 1 aromatic heterocycles. The normalized spacial score (nSPS) is 29.5. The molecule has 16 heteroatoms. The van der Waals surface area contributed by atoms with Crippen molar-refractivity contribution in [3.63, 3.8) is 0 Å². The average Bonchev–Trinajstić information content (AvgIpc) is 2.71. The van der Waals surface area contributed by atoms with Crippen molar-refractivity contribution < 1.29 is 47.6 Å². The van der Waals surface area contributed by atoms with Gasteiger partial charge in [-0.1, -0.05) is 0 Å². The average molecular weight is 403 g/mol. The summed E-state index contributed by atoms with van der Waals surface area (Å²) in [5.41, 5.74) is 4.45. The molecule has 2 rings (SSSR count). The zero-order chi connectivity index (χ0) is 19.0. The summed E-state index contributed by atoms with van der Waals surface area (Å²) in [6.45, 7) is -0.875. The van der Waals surface area contributed by atoms with Gasteiger partial charge in [0, 0.05) is 6.20 Å². The van der Waals surface area contributed by atoms with Crippen molar-refractivity contribution >= 4 is 21.5 Å². The number of nitrogen functional groups attached to an aromatic ring is 1. The zero-order valence-electron chi connectivity index (χ0n) is 12.2. The molecular weight excluding hydrogens is 388 g/mol. The number of nitrogens with two attached hydrogens (primary N) is 1. The van der Waals surface area contributed by atoms with Gasteiger partial charge < -0.3 is 35.4 Å². The lowest BCUT2D eigenvalue weighted by atomic mass is 10.1. The molecule has 0 aliphatic carbocycles. The van der Waals surface area contributed by atoms with Crippen LogP contribution in [0.2, 0.25) is 0 Å². The summed E-state index contributed by atoms with van der Waals surface area (Å²) < 4.78 is 35.8. The van der Waals surface area contributed by atoms with E-state index < -0.39 is 52.5 Å². The molecule has 142 valence electrons. The van der Waals surface area contributed by atoms with Gasteiger partial charge in [0.05, 0.1) is 6.61 Å². The molecule has 25 heavy (non-hydrogen) atoms. The molecule has 0 radical (unpaired) electrons. The fourth-order valence-corrected chi connectivity index (χ4v) is 3.64. The van der Waals surface area contributed by atoms with Gasteiger partial charge in [0.1, 0.15) is 24.1 Å². The first kappa shape index (κ1) is 20.1. The topological polar surface area (TPSA) is 224 Å². The number of hydrogen-bond acceptors (Lipinski definition) is 10. The van der Waals surface area contributed by atoms with E-state index in [1.54, 1.807) is 0 Å². The molecule has 1 aromatic rings. The molecule has 14 nitrogen and oxygen atoms in total. The van der Waals surface area contributed by atoms with Crippen LogP contribution in [0.5, 0.6) is 0 Å². The molecule has 5 atom stereocenters. The molecule has 1 unspecified atom stereocenters. The van der Waals surface area contributed by atoms with Gasteiger partial charge in [-0.15, -0.1) is 0 Å². The molecular formula is C9H15N3O11P2. The van der Waals surface area contributed by atoms with Crippen LogP contribution in [0, 0.1) is 0 Å². The van der Waals surface area contributed by atoms with Crippen LogP contribution in [0.3, 0.4) is 0 Å². The third-order valence-corrected chi connectivity index (χ3v) is 5.23. The van der Waals surface area contributed by atoms with Gasteiger partial charge in [0.15, 0.2) is 6.23 Å². The Morgan fingerprint density at radius 3 is 2.48 bits per heavy atom. The van der Waals surface area contributed by atoms with Crippen LogP contribution >= 0.6 is 15.6 Å². The third kappa shape index (κ3) is 5.15. The molecule has 0 bridgehead atoms. The van der Waals surface area contributed by atoms with Crippen molar-refractivity contribution in [1.82, 2.24) is 9.55 Å². The maximum atomic E-state index is 11.7. The Balaban J connectivity index is 2.08. The van der Waals surface area contributed by atoms with Crippen molar-refractivity contribution in [3.05, 3.63) is 22.7 Å². The Morgan fingerprint density at radius 2 is 1.92 bits per heavy atom. The maximum absolute atomic E-state index is 11.7. The standard InChI is InChI=1S/C9H15N3O11P2/c10-5-1-2-12(9(15)11-5)8-7(14)6(13)4(22-8)3-21-25(19,20)23-24(16,17)18/h1-2,4,6-8,13-14H,3H2,(H,19,20)(H2,10,11,15)(H2,16,17,18)/t4-,6-,7+,8-/m1/s1. The number of aromatic nitrogens is 2. The smallest absolute Gasteiger partial charge is 0.387 e. The Kier molecular flexibility index (Phi) is 5.81. The van der Waals surface area contributed by atoms with Crippen LogP contribution < -0.4 is 11.4 Å². The largest absolute Gasteiger partial charge is 0.481 e. The summed E-state index contributed by atoms with van der Waals surface area (Å²) in [6.07, 6.45) is -4.93. The number of phosphoric acid groups is 2. The van der Waals surface area contributed by atoms with E-state index in [2.05, 4.69) is 13.8 Å². The molecule has 1 saturated heterocycles. The van der Waals surface area contributed by atoms with Crippen molar-refractivity contribution in [2.24, 2.45) is 0 Å². The lowest BCUT2D eigenvalue weighted by molar-refractivity contribution is -0.0541. The molecule has 2 heterocycles. The lowest BCUT2D eigenvalue weighted by Gasteiger charge is -2.17. The Morgan fingerprint density at radius 1 is 1.28 bits per heavy atom. The Labute approximate surface area is 139 Å². The van der Waals surface area contributed by atoms with Crippen LogP contribution in [0.1, 0.15) is 6.23 Å². The molecule has 0 amide bonds. The van der Waals surface area contributed by atoms with E-state index in [1.165, 1.54) is 6.07 Å². The number of ether oxygens (including phenoxy) is 1. The van der Waals surface area contributed by atoms with Crippen LogP contribution in [-0.4, -0.2) is 59.4 Å². The number of anilines is 1. The second-order valence-electron chi connectivity index (χ2n) is 4.93. The highest BCUT2D eigenvalue weighted by atomic mass is 31.3. The third-order valence-electron chi connectivity index (χ3n) is 3.07. The summed E-state index contributed by atoms with van der Waals surface area (Å²) >= 11 is 0. The number of aliphatic hydroxyl groups is 2. The first-order chi connectivity index (χ1) is 11.4. The van der Waals surface area contributed by atoms with Gasteiger partial charge in [-0.3, -0.25) is 9.09 Å². The number of aliphatic hydroxyl groups excluding tert-OH is 2. The number of rotatable bonds is 6. The molecule has 0 saturated carbocycles. The van der Waals surface area contributed by atoms with E-state index in [0.29, 0.717) is 0 Å². The van der Waals surface area contributed by atoms with Crippen LogP contribution in [0.25, 0.3) is 0 Å². The van der Waals surface area contributed by atoms with Gasteiger partial charge >= 0.3 is 21.3 Å². The van der Waals surface area contributed by atoms with Crippen LogP contribution in [0.4, 0.5) is 5.82 Å². The highest BCUT2D eigenvalue weighted by molar-refractivity contribution is 7.60. The van der Waals surface area contributed by atoms with E-state index in [0.717, 1.165) is 10.8 Å². The van der Waals surface area contributed by atoms with Crippen molar-refractivity contribution in [2.45, 2.75) is 24.5 Å². The van der Waals surface area contributed by atoms with E-state index in [-0.39, 0.29) is 5.82 Å². The maximum Gasteiger partial charge on any atom is 0.481 e. The minimum Gasteiger partial charge on any atom is -0.387 e. The van der Waals surface area contributed by atoms with E-state index in [1.807, 2.05) is 0 Å². The van der Waals surface area contributed by atoms with E-state index in [4.69, 9.17) is 25.2 Å². The first-order valence-electron chi connectivity index (χ1n) is 6.50. The van der Waals surface area contributed by atoms with Gasteiger partial charge in [-0.05, 0) is 6.07 Å². The second kappa shape index (κ2) is 7.21. The molecule has 1 fully saturated rings. The predicted octanol–water partition coefficient (Wildman–Crippen LogP) is -2.33. The summed E-state index contributed by atoms with van der Waals surface area (Å²) in [7, 11) is -10.5. The summed E-state index contributed by atoms with van der Waals surface area (Å²) in [4.78, 5) is 41.3. The van der Waals surface area contributed by atoms with E-state index >= 15 is 0 Å². The quantitative estimate of drug-likeness (QED) is 0.274. The molecule has 1 aliphatic rings. The fraction of sp³-hybridized carbons (Fsp3) is 0.556. The zero-order valence-corrected chi connectivity index (χ0v) is 14.0. The Bertz CT molecular complexity index is 778. The molecule has 0 aromatic carbocycles. The summed E-state index contributed by atoms with van der Waals surface area (Å²) in [6, 6.07) is 1.24. The Hall–Kier alpha value is -1.18. The lowest BCUT2D eigenvalue weighted by Crippen LogP contribution is -2.36. The van der Waals surface area contributed by atoms with Gasteiger partial charge in [-0.2, -0.15) is 9.29 Å². The fourth-order valence-electron chi connectivity index (χ4n) is 2.04. The number of hydrogen-bond donors (Lipinski definition) is 6. The van der Waals surface area contributed by atoms with Gasteiger partial charge in [0.25, 0.3) is 0 Å². The predicted molar refractivity (Wildman–Crippen MR) is 77.7 cm³/mol. The molecule has 0 spiro atoms. The second-order valence-corrected chi connectivity index (χ2v) is 7.75. The SMILES string of the molecule is Nc1ccn([C@@H]2O[C@H](COP(=O)(O)OP(=O)(O)O)[C@@H](O)[C@@H]2O)c(=O)n1. The number of phosphoric ester groups is 1. The van der Waals surface area contributed by atoms with E-state index in [9.17, 15) is 24.1 Å². The highest BCUT2D eigenvalue weighted by Gasteiger charge is 2.45. The summed E-state index contributed by atoms with van der Waals surface area (Å²) in [5, 5.41) is 19.8. The first-order valence-corrected chi connectivity index (χ1v) is 9.53. The van der Waals surface area contributed by atoms with Crippen molar-refractivity contribution in [2.75, 3.05) is 12.3 Å². The summed E-state index contributed by atoms with van der Waals surface area (Å²) in [5.74, 6) is -0.0787.